The third-order valence-corrected chi connectivity index (χ3v) is 4.78. The number of rotatable bonds is 4. The molecule has 3 aromatic heterocycles. The van der Waals surface area contributed by atoms with E-state index < -0.39 is 6.10 Å². The van der Waals surface area contributed by atoms with Crippen LogP contribution in [0.1, 0.15) is 30.3 Å². The van der Waals surface area contributed by atoms with Crippen LogP contribution in [0.2, 0.25) is 0 Å². The first kappa shape index (κ1) is 14.4. The van der Waals surface area contributed by atoms with E-state index in [1.54, 1.807) is 12.4 Å². The molecule has 120 valence electrons. The van der Waals surface area contributed by atoms with Gasteiger partial charge in [-0.05, 0) is 44.0 Å². The first-order chi connectivity index (χ1) is 11.3. The number of hydrogen-bond acceptors (Lipinski definition) is 4. The standard InChI is InChI=1S/C17H21N5O/c23-16(17-18-6-7-19-17)13-4-9-21(10-5-13)12-14-11-20-22-8-2-1-3-15(14)22/h1-3,6-8,11,13,16,23H,4-5,9-10,12H2,(H,18,19). The van der Waals surface area contributed by atoms with Crippen LogP contribution in [0.3, 0.4) is 0 Å². The Morgan fingerprint density at radius 2 is 2.17 bits per heavy atom. The minimum Gasteiger partial charge on any atom is -0.385 e. The van der Waals surface area contributed by atoms with E-state index in [9.17, 15) is 5.11 Å². The number of aromatic nitrogens is 4. The van der Waals surface area contributed by atoms with Crippen molar-refractivity contribution in [2.75, 3.05) is 13.1 Å². The predicted octanol–water partition coefficient (Wildman–Crippen LogP) is 2.00. The average molecular weight is 311 g/mol. The van der Waals surface area contributed by atoms with Crippen molar-refractivity contribution in [2.45, 2.75) is 25.5 Å². The molecule has 1 saturated heterocycles. The summed E-state index contributed by atoms with van der Waals surface area (Å²) in [6, 6.07) is 6.15. The van der Waals surface area contributed by atoms with Crippen molar-refractivity contribution in [1.82, 2.24) is 24.5 Å². The fourth-order valence-electron chi connectivity index (χ4n) is 3.44. The van der Waals surface area contributed by atoms with Gasteiger partial charge in [-0.2, -0.15) is 5.10 Å². The average Bonchev–Trinajstić information content (AvgIpc) is 3.25. The maximum Gasteiger partial charge on any atom is 0.135 e. The Bertz CT molecular complexity index is 758. The van der Waals surface area contributed by atoms with Crippen molar-refractivity contribution < 1.29 is 5.11 Å². The summed E-state index contributed by atoms with van der Waals surface area (Å²) in [6.07, 6.45) is 8.88. The highest BCUT2D eigenvalue weighted by atomic mass is 16.3. The van der Waals surface area contributed by atoms with Crippen LogP contribution >= 0.6 is 0 Å². The molecule has 1 aliphatic rings. The molecule has 0 aliphatic carbocycles. The van der Waals surface area contributed by atoms with Gasteiger partial charge in [-0.25, -0.2) is 9.50 Å². The number of likely N-dealkylation sites (tertiary alicyclic amines) is 1. The Kier molecular flexibility index (Phi) is 3.85. The van der Waals surface area contributed by atoms with Gasteiger partial charge in [-0.3, -0.25) is 4.90 Å². The van der Waals surface area contributed by atoms with Crippen LogP contribution in [0.15, 0.2) is 43.0 Å². The van der Waals surface area contributed by atoms with Gasteiger partial charge in [0.25, 0.3) is 0 Å². The number of fused-ring (bicyclic) bond motifs is 1. The molecule has 2 N–H and O–H groups in total. The molecule has 0 aromatic carbocycles. The fourth-order valence-corrected chi connectivity index (χ4v) is 3.44. The molecule has 6 heteroatoms. The molecule has 0 saturated carbocycles. The molecule has 23 heavy (non-hydrogen) atoms. The van der Waals surface area contributed by atoms with E-state index in [1.165, 1.54) is 11.1 Å². The maximum atomic E-state index is 10.4. The summed E-state index contributed by atoms with van der Waals surface area (Å²) in [7, 11) is 0. The summed E-state index contributed by atoms with van der Waals surface area (Å²) in [5, 5.41) is 14.8. The van der Waals surface area contributed by atoms with E-state index in [2.05, 4.69) is 26.0 Å². The molecule has 4 rings (SSSR count). The Hall–Kier alpha value is -2.18. The highest BCUT2D eigenvalue weighted by Crippen LogP contribution is 2.29. The van der Waals surface area contributed by atoms with E-state index in [4.69, 9.17) is 0 Å². The SMILES string of the molecule is OC(c1ncc[nH]1)C1CCN(Cc2cnn3ccccc23)CC1. The smallest absolute Gasteiger partial charge is 0.135 e. The molecule has 1 atom stereocenters. The van der Waals surface area contributed by atoms with Crippen molar-refractivity contribution in [3.63, 3.8) is 0 Å². The van der Waals surface area contributed by atoms with Gasteiger partial charge in [0.1, 0.15) is 11.9 Å². The molecule has 0 amide bonds. The number of aliphatic hydroxyl groups is 1. The van der Waals surface area contributed by atoms with Crippen LogP contribution in [0.5, 0.6) is 0 Å². The minimum atomic E-state index is -0.482. The van der Waals surface area contributed by atoms with Gasteiger partial charge in [0, 0.05) is 30.7 Å². The second-order valence-corrected chi connectivity index (χ2v) is 6.23. The van der Waals surface area contributed by atoms with Gasteiger partial charge >= 0.3 is 0 Å². The normalized spacial score (nSPS) is 18.5. The van der Waals surface area contributed by atoms with Gasteiger partial charge in [-0.1, -0.05) is 6.07 Å². The van der Waals surface area contributed by atoms with Gasteiger partial charge < -0.3 is 10.1 Å². The summed E-state index contributed by atoms with van der Waals surface area (Å²) in [5.74, 6) is 0.965. The van der Waals surface area contributed by atoms with E-state index in [0.717, 1.165) is 32.5 Å². The Morgan fingerprint density at radius 3 is 2.96 bits per heavy atom. The van der Waals surface area contributed by atoms with E-state index >= 15 is 0 Å². The Morgan fingerprint density at radius 1 is 1.30 bits per heavy atom. The quantitative estimate of drug-likeness (QED) is 0.773. The zero-order chi connectivity index (χ0) is 15.6. The lowest BCUT2D eigenvalue weighted by atomic mass is 9.90. The molecule has 0 spiro atoms. The highest BCUT2D eigenvalue weighted by Gasteiger charge is 2.27. The summed E-state index contributed by atoms with van der Waals surface area (Å²) < 4.78 is 1.92. The second kappa shape index (κ2) is 6.14. The summed E-state index contributed by atoms with van der Waals surface area (Å²) in [5.41, 5.74) is 2.43. The van der Waals surface area contributed by atoms with Crippen molar-refractivity contribution in [3.05, 3.63) is 54.4 Å². The lowest BCUT2D eigenvalue weighted by Gasteiger charge is -2.33. The number of nitrogens with zero attached hydrogens (tertiary/aromatic N) is 4. The summed E-state index contributed by atoms with van der Waals surface area (Å²) in [4.78, 5) is 9.63. The molecule has 4 heterocycles. The van der Waals surface area contributed by atoms with Crippen LogP contribution in [0.25, 0.3) is 5.52 Å². The van der Waals surface area contributed by atoms with E-state index in [0.29, 0.717) is 5.82 Å². The van der Waals surface area contributed by atoms with Crippen molar-refractivity contribution in [3.8, 4) is 0 Å². The number of hydrogen-bond donors (Lipinski definition) is 2. The third kappa shape index (κ3) is 2.87. The monoisotopic (exact) mass is 311 g/mol. The van der Waals surface area contributed by atoms with Crippen molar-refractivity contribution in [2.24, 2.45) is 5.92 Å². The molecule has 6 nitrogen and oxygen atoms in total. The van der Waals surface area contributed by atoms with Crippen LogP contribution < -0.4 is 0 Å². The Balaban J connectivity index is 1.38. The van der Waals surface area contributed by atoms with Gasteiger partial charge in [-0.15, -0.1) is 0 Å². The van der Waals surface area contributed by atoms with Gasteiger partial charge in [0.15, 0.2) is 0 Å². The fraction of sp³-hybridized carbons (Fsp3) is 0.412. The molecule has 0 radical (unpaired) electrons. The molecular formula is C17H21N5O. The number of H-pyrrole nitrogens is 1. The number of pyridine rings is 1. The minimum absolute atomic E-state index is 0.279. The number of aromatic amines is 1. The number of imidazole rings is 1. The highest BCUT2D eigenvalue weighted by molar-refractivity contribution is 5.53. The third-order valence-electron chi connectivity index (χ3n) is 4.78. The lowest BCUT2D eigenvalue weighted by molar-refractivity contribution is 0.0516. The predicted molar refractivity (Wildman–Crippen MR) is 86.7 cm³/mol. The van der Waals surface area contributed by atoms with Gasteiger partial charge in [0.05, 0.1) is 11.7 Å². The molecule has 1 aliphatic heterocycles. The number of nitrogens with one attached hydrogen (secondary N) is 1. The molecular weight excluding hydrogens is 290 g/mol. The number of piperidine rings is 1. The summed E-state index contributed by atoms with van der Waals surface area (Å²) in [6.45, 7) is 2.90. The van der Waals surface area contributed by atoms with Crippen LogP contribution in [0, 0.1) is 5.92 Å². The second-order valence-electron chi connectivity index (χ2n) is 6.23. The topological polar surface area (TPSA) is 69.5 Å². The first-order valence-corrected chi connectivity index (χ1v) is 8.12. The van der Waals surface area contributed by atoms with Crippen LogP contribution in [-0.4, -0.2) is 42.7 Å². The van der Waals surface area contributed by atoms with Crippen molar-refractivity contribution in [1.29, 1.82) is 0 Å². The molecule has 1 fully saturated rings. The van der Waals surface area contributed by atoms with Gasteiger partial charge in [0.2, 0.25) is 0 Å². The van der Waals surface area contributed by atoms with E-state index in [-0.39, 0.29) is 5.92 Å². The lowest BCUT2D eigenvalue weighted by Crippen LogP contribution is -2.35. The van der Waals surface area contributed by atoms with E-state index in [1.807, 2.05) is 29.0 Å². The summed E-state index contributed by atoms with van der Waals surface area (Å²) >= 11 is 0. The molecule has 1 unspecified atom stereocenters. The molecule has 0 bridgehead atoms. The molecule has 3 aromatic rings. The number of aliphatic hydroxyl groups excluding tert-OH is 1. The first-order valence-electron chi connectivity index (χ1n) is 8.12. The maximum absolute atomic E-state index is 10.4. The zero-order valence-corrected chi connectivity index (χ0v) is 13.0. The zero-order valence-electron chi connectivity index (χ0n) is 13.0. The van der Waals surface area contributed by atoms with Crippen LogP contribution in [-0.2, 0) is 6.54 Å². The largest absolute Gasteiger partial charge is 0.385 e. The Labute approximate surface area is 134 Å². The van der Waals surface area contributed by atoms with Crippen LogP contribution in [0.4, 0.5) is 0 Å². The van der Waals surface area contributed by atoms with Crippen molar-refractivity contribution >= 4 is 5.52 Å².